The van der Waals surface area contributed by atoms with Crippen LogP contribution in [0, 0.1) is 0 Å². The Labute approximate surface area is 83.9 Å². The lowest BCUT2D eigenvalue weighted by Crippen LogP contribution is -2.05. The summed E-state index contributed by atoms with van der Waals surface area (Å²) in [4.78, 5) is 2.68. The smallest absolute Gasteiger partial charge is 0.357 e. The van der Waals surface area contributed by atoms with Crippen molar-refractivity contribution in [2.24, 2.45) is 5.73 Å². The summed E-state index contributed by atoms with van der Waals surface area (Å²) in [6.07, 6.45) is -4.34. The average molecular weight is 214 g/mol. The number of H-pyrrole nitrogens is 1. The first kappa shape index (κ1) is 10.0. The number of nitrogens with two attached hydrogens (primary N) is 1. The SMILES string of the molecule is NCc1cc2cccc(C(F)(F)F)c2[nH]1. The summed E-state index contributed by atoms with van der Waals surface area (Å²) in [6, 6.07) is 5.70. The van der Waals surface area contributed by atoms with E-state index in [9.17, 15) is 13.2 Å². The van der Waals surface area contributed by atoms with Crippen molar-refractivity contribution in [2.45, 2.75) is 12.7 Å². The summed E-state index contributed by atoms with van der Waals surface area (Å²) in [6.45, 7) is 0.200. The van der Waals surface area contributed by atoms with E-state index in [4.69, 9.17) is 5.73 Å². The maximum Gasteiger partial charge on any atom is 0.418 e. The van der Waals surface area contributed by atoms with Crippen LogP contribution in [-0.2, 0) is 12.7 Å². The molecule has 1 aromatic heterocycles. The summed E-state index contributed by atoms with van der Waals surface area (Å²) in [5.41, 5.74) is 5.41. The van der Waals surface area contributed by atoms with Crippen molar-refractivity contribution in [3.63, 3.8) is 0 Å². The monoisotopic (exact) mass is 214 g/mol. The van der Waals surface area contributed by atoms with Gasteiger partial charge in [-0.25, -0.2) is 0 Å². The molecule has 0 aliphatic heterocycles. The summed E-state index contributed by atoms with van der Waals surface area (Å²) in [5, 5.41) is 0.533. The summed E-state index contributed by atoms with van der Waals surface area (Å²) < 4.78 is 37.7. The number of halogens is 3. The molecule has 0 saturated carbocycles. The van der Waals surface area contributed by atoms with Gasteiger partial charge < -0.3 is 10.7 Å². The van der Waals surface area contributed by atoms with Crippen molar-refractivity contribution < 1.29 is 13.2 Å². The highest BCUT2D eigenvalue weighted by molar-refractivity contribution is 5.84. The van der Waals surface area contributed by atoms with Crippen molar-refractivity contribution >= 4 is 10.9 Å². The standard InChI is InChI=1S/C10H9F3N2/c11-10(12,13)8-3-1-2-6-4-7(5-14)15-9(6)8/h1-4,15H,5,14H2. The number of benzene rings is 1. The van der Waals surface area contributed by atoms with Gasteiger partial charge in [0.2, 0.25) is 0 Å². The highest BCUT2D eigenvalue weighted by atomic mass is 19.4. The number of nitrogens with one attached hydrogen (secondary N) is 1. The largest absolute Gasteiger partial charge is 0.418 e. The van der Waals surface area contributed by atoms with Crippen molar-refractivity contribution in [3.05, 3.63) is 35.5 Å². The second kappa shape index (κ2) is 3.27. The second-order valence-electron chi connectivity index (χ2n) is 3.27. The molecule has 0 spiro atoms. The van der Waals surface area contributed by atoms with Crippen molar-refractivity contribution in [2.75, 3.05) is 0 Å². The molecule has 1 heterocycles. The van der Waals surface area contributed by atoms with E-state index in [1.807, 2.05) is 0 Å². The minimum absolute atomic E-state index is 0.102. The third-order valence-electron chi connectivity index (χ3n) is 2.24. The third kappa shape index (κ3) is 1.70. The molecule has 1 aromatic carbocycles. The van der Waals surface area contributed by atoms with Gasteiger partial charge in [0.05, 0.1) is 11.1 Å². The van der Waals surface area contributed by atoms with E-state index >= 15 is 0 Å². The second-order valence-corrected chi connectivity index (χ2v) is 3.27. The van der Waals surface area contributed by atoms with Crippen molar-refractivity contribution in [1.29, 1.82) is 0 Å². The van der Waals surface area contributed by atoms with Gasteiger partial charge in [0.15, 0.2) is 0 Å². The van der Waals surface area contributed by atoms with Crippen LogP contribution < -0.4 is 5.73 Å². The highest BCUT2D eigenvalue weighted by Gasteiger charge is 2.32. The number of hydrogen-bond donors (Lipinski definition) is 2. The minimum Gasteiger partial charge on any atom is -0.357 e. The van der Waals surface area contributed by atoms with Gasteiger partial charge in [-0.1, -0.05) is 12.1 Å². The lowest BCUT2D eigenvalue weighted by molar-refractivity contribution is -0.136. The number of rotatable bonds is 1. The zero-order valence-electron chi connectivity index (χ0n) is 7.73. The Balaban J connectivity index is 2.70. The first-order chi connectivity index (χ1) is 7.02. The van der Waals surface area contributed by atoms with E-state index in [0.717, 1.165) is 6.07 Å². The topological polar surface area (TPSA) is 41.8 Å². The molecule has 0 radical (unpaired) electrons. The Hall–Kier alpha value is -1.49. The van der Waals surface area contributed by atoms with Gasteiger partial charge in [-0.3, -0.25) is 0 Å². The zero-order chi connectivity index (χ0) is 11.1. The molecule has 0 amide bonds. The summed E-state index contributed by atoms with van der Waals surface area (Å²) >= 11 is 0. The van der Waals surface area contributed by atoms with E-state index in [1.165, 1.54) is 6.07 Å². The Morgan fingerprint density at radius 1 is 1.27 bits per heavy atom. The molecule has 0 bridgehead atoms. The van der Waals surface area contributed by atoms with Gasteiger partial charge in [-0.05, 0) is 12.1 Å². The Morgan fingerprint density at radius 3 is 2.60 bits per heavy atom. The fourth-order valence-electron chi connectivity index (χ4n) is 1.56. The normalized spacial score (nSPS) is 12.3. The lowest BCUT2D eigenvalue weighted by Gasteiger charge is -2.07. The van der Waals surface area contributed by atoms with E-state index in [-0.39, 0.29) is 12.1 Å². The minimum atomic E-state index is -4.34. The number of aromatic amines is 1. The van der Waals surface area contributed by atoms with E-state index in [0.29, 0.717) is 11.1 Å². The molecule has 2 aromatic rings. The molecule has 0 saturated heterocycles. The molecule has 0 atom stereocenters. The molecule has 5 heteroatoms. The van der Waals surface area contributed by atoms with Crippen molar-refractivity contribution in [1.82, 2.24) is 4.98 Å². The molecule has 3 N–H and O–H groups in total. The fraction of sp³-hybridized carbons (Fsp3) is 0.200. The molecule has 80 valence electrons. The van der Waals surface area contributed by atoms with Crippen molar-refractivity contribution in [3.8, 4) is 0 Å². The number of para-hydroxylation sites is 1. The van der Waals surface area contributed by atoms with Gasteiger partial charge in [0, 0.05) is 17.6 Å². The molecule has 0 unspecified atom stereocenters. The highest BCUT2D eigenvalue weighted by Crippen LogP contribution is 2.34. The van der Waals surface area contributed by atoms with Gasteiger partial charge in [-0.15, -0.1) is 0 Å². The Bertz CT molecular complexity index is 485. The molecule has 0 aliphatic rings. The van der Waals surface area contributed by atoms with Crippen LogP contribution in [0.2, 0.25) is 0 Å². The number of fused-ring (bicyclic) bond motifs is 1. The molecule has 2 nitrogen and oxygen atoms in total. The average Bonchev–Trinajstić information content (AvgIpc) is 2.57. The van der Waals surface area contributed by atoms with E-state index in [1.54, 1.807) is 12.1 Å². The van der Waals surface area contributed by atoms with Crippen LogP contribution in [0.3, 0.4) is 0 Å². The zero-order valence-corrected chi connectivity index (χ0v) is 7.73. The van der Waals surface area contributed by atoms with Crippen LogP contribution in [0.5, 0.6) is 0 Å². The molecule has 0 fully saturated rings. The van der Waals surface area contributed by atoms with Gasteiger partial charge in [0.1, 0.15) is 0 Å². The molecule has 0 aliphatic carbocycles. The van der Waals surface area contributed by atoms with Gasteiger partial charge >= 0.3 is 6.18 Å². The Morgan fingerprint density at radius 2 is 2.00 bits per heavy atom. The lowest BCUT2D eigenvalue weighted by atomic mass is 10.1. The van der Waals surface area contributed by atoms with Crippen LogP contribution in [0.15, 0.2) is 24.3 Å². The number of aromatic nitrogens is 1. The summed E-state index contributed by atoms with van der Waals surface area (Å²) in [7, 11) is 0. The van der Waals surface area contributed by atoms with Gasteiger partial charge in [0.25, 0.3) is 0 Å². The number of hydrogen-bond acceptors (Lipinski definition) is 1. The maximum atomic E-state index is 12.6. The van der Waals surface area contributed by atoms with Crippen LogP contribution in [0.1, 0.15) is 11.3 Å². The number of alkyl halides is 3. The third-order valence-corrected chi connectivity index (χ3v) is 2.24. The van der Waals surface area contributed by atoms with Crippen LogP contribution in [0.25, 0.3) is 10.9 Å². The summed E-state index contributed by atoms with van der Waals surface area (Å²) in [5.74, 6) is 0. The molecular formula is C10H9F3N2. The van der Waals surface area contributed by atoms with E-state index < -0.39 is 11.7 Å². The first-order valence-electron chi connectivity index (χ1n) is 4.40. The van der Waals surface area contributed by atoms with E-state index in [2.05, 4.69) is 4.98 Å². The predicted molar refractivity (Wildman–Crippen MR) is 51.2 cm³/mol. The van der Waals surface area contributed by atoms with Crippen LogP contribution in [0.4, 0.5) is 13.2 Å². The maximum absolute atomic E-state index is 12.6. The molecule has 2 rings (SSSR count). The fourth-order valence-corrected chi connectivity index (χ4v) is 1.56. The molecular weight excluding hydrogens is 205 g/mol. The predicted octanol–water partition coefficient (Wildman–Crippen LogP) is 2.65. The van der Waals surface area contributed by atoms with Gasteiger partial charge in [-0.2, -0.15) is 13.2 Å². The Kier molecular flexibility index (Phi) is 2.19. The molecule has 15 heavy (non-hydrogen) atoms. The van der Waals surface area contributed by atoms with Crippen LogP contribution in [-0.4, -0.2) is 4.98 Å². The first-order valence-corrected chi connectivity index (χ1v) is 4.40. The van der Waals surface area contributed by atoms with Crippen LogP contribution >= 0.6 is 0 Å². The quantitative estimate of drug-likeness (QED) is 0.752.